The zero-order chi connectivity index (χ0) is 48.2. The SMILES string of the molecule is CC(C)N1CCC[C@](C)(Nc2nc(-c3ccncc3)c(-c3ccc4ccccc4c3)c3nccn23)C1.CC1(C)CCCCC1.Clc1nc(-c2ccncc2)c(-c2ccc3ccccc3c2)c2nccn12. The number of imidazole rings is 2. The Morgan fingerprint density at radius 2 is 1.06 bits per heavy atom. The maximum atomic E-state index is 6.40. The molecule has 70 heavy (non-hydrogen) atoms. The van der Waals surface area contributed by atoms with Gasteiger partial charge in [-0.25, -0.2) is 19.9 Å². The lowest BCUT2D eigenvalue weighted by atomic mass is 9.78. The molecule has 0 amide bonds. The monoisotopic (exact) mass is 944 g/mol. The molecule has 2 aliphatic rings. The number of piperidine rings is 1. The van der Waals surface area contributed by atoms with Crippen molar-refractivity contribution in [1.82, 2.24) is 43.6 Å². The van der Waals surface area contributed by atoms with Crippen LogP contribution in [-0.4, -0.2) is 68.3 Å². The van der Waals surface area contributed by atoms with E-state index in [4.69, 9.17) is 21.6 Å². The van der Waals surface area contributed by atoms with E-state index in [-0.39, 0.29) is 5.54 Å². The lowest BCUT2D eigenvalue weighted by molar-refractivity contribution is 0.137. The minimum Gasteiger partial charge on any atom is -0.349 e. The first-order valence-electron chi connectivity index (χ1n) is 24.7. The minimum absolute atomic E-state index is 0.0767. The number of nitrogens with zero attached hydrogens (tertiary/aromatic N) is 9. The van der Waals surface area contributed by atoms with E-state index in [1.807, 2.05) is 67.4 Å². The van der Waals surface area contributed by atoms with Crippen molar-refractivity contribution in [3.8, 4) is 44.8 Å². The molecular formula is C59H61ClN10. The summed E-state index contributed by atoms with van der Waals surface area (Å²) in [5, 5.41) is 9.02. The molecule has 1 N–H and O–H groups in total. The average molecular weight is 946 g/mol. The second-order valence-electron chi connectivity index (χ2n) is 20.2. The highest BCUT2D eigenvalue weighted by Crippen LogP contribution is 2.39. The summed E-state index contributed by atoms with van der Waals surface area (Å²) in [6.07, 6.45) is 24.2. The Kier molecular flexibility index (Phi) is 13.4. The Bertz CT molecular complexity index is 3390. The maximum Gasteiger partial charge on any atom is 0.209 e. The summed E-state index contributed by atoms with van der Waals surface area (Å²) < 4.78 is 3.91. The first kappa shape index (κ1) is 46.7. The number of fused-ring (bicyclic) bond motifs is 4. The molecule has 12 rings (SSSR count). The number of rotatable bonds is 7. The van der Waals surface area contributed by atoms with Gasteiger partial charge in [0.1, 0.15) is 11.3 Å². The number of pyridine rings is 2. The predicted octanol–water partition coefficient (Wildman–Crippen LogP) is 14.5. The van der Waals surface area contributed by atoms with Gasteiger partial charge >= 0.3 is 0 Å². The van der Waals surface area contributed by atoms with Crippen molar-refractivity contribution in [2.24, 2.45) is 5.41 Å². The second kappa shape index (κ2) is 20.1. The third-order valence-electron chi connectivity index (χ3n) is 14.1. The fourth-order valence-electron chi connectivity index (χ4n) is 10.3. The van der Waals surface area contributed by atoms with E-state index in [1.54, 1.807) is 23.0 Å². The Hall–Kier alpha value is -7.01. The number of anilines is 1. The number of benzene rings is 4. The van der Waals surface area contributed by atoms with Crippen LogP contribution < -0.4 is 5.32 Å². The number of aromatic nitrogens is 8. The van der Waals surface area contributed by atoms with Crippen LogP contribution in [0.4, 0.5) is 5.95 Å². The second-order valence-corrected chi connectivity index (χ2v) is 20.5. The summed E-state index contributed by atoms with van der Waals surface area (Å²) in [5.41, 5.74) is 10.1. The number of halogens is 1. The zero-order valence-electron chi connectivity index (χ0n) is 40.9. The fraction of sp³-hybridized carbons (Fsp3) is 0.288. The van der Waals surface area contributed by atoms with Crippen LogP contribution in [-0.2, 0) is 0 Å². The topological polar surface area (TPSA) is 101 Å². The highest BCUT2D eigenvalue weighted by Gasteiger charge is 2.33. The molecule has 10 nitrogen and oxygen atoms in total. The molecule has 0 bridgehead atoms. The fourth-order valence-corrected chi connectivity index (χ4v) is 10.5. The quantitative estimate of drug-likeness (QED) is 0.158. The normalized spacial score (nSPS) is 17.0. The highest BCUT2D eigenvalue weighted by atomic mass is 35.5. The molecule has 0 radical (unpaired) electrons. The zero-order valence-corrected chi connectivity index (χ0v) is 41.6. The molecule has 1 aliphatic carbocycles. The van der Waals surface area contributed by atoms with Gasteiger partial charge in [-0.15, -0.1) is 0 Å². The first-order chi connectivity index (χ1) is 34.0. The van der Waals surface area contributed by atoms with Crippen LogP contribution in [0.2, 0.25) is 5.28 Å². The van der Waals surface area contributed by atoms with Crippen molar-refractivity contribution in [3.63, 3.8) is 0 Å². The average Bonchev–Trinajstić information content (AvgIpc) is 4.09. The Balaban J connectivity index is 0.000000145. The van der Waals surface area contributed by atoms with Crippen LogP contribution in [0.1, 0.15) is 79.6 Å². The smallest absolute Gasteiger partial charge is 0.209 e. The van der Waals surface area contributed by atoms with Crippen LogP contribution in [0.3, 0.4) is 0 Å². The first-order valence-corrected chi connectivity index (χ1v) is 25.1. The summed E-state index contributed by atoms with van der Waals surface area (Å²) in [5.74, 6) is 0.826. The van der Waals surface area contributed by atoms with E-state index in [0.717, 1.165) is 81.5 Å². The van der Waals surface area contributed by atoms with Gasteiger partial charge in [0.05, 0.1) is 28.1 Å². The van der Waals surface area contributed by atoms with Gasteiger partial charge in [0.15, 0.2) is 0 Å². The highest BCUT2D eigenvalue weighted by molar-refractivity contribution is 6.29. The van der Waals surface area contributed by atoms with Crippen molar-refractivity contribution < 1.29 is 0 Å². The van der Waals surface area contributed by atoms with E-state index < -0.39 is 0 Å². The molecule has 1 saturated heterocycles. The number of likely N-dealkylation sites (tertiary alicyclic amines) is 1. The van der Waals surface area contributed by atoms with E-state index in [1.165, 1.54) is 60.1 Å². The molecule has 1 saturated carbocycles. The molecule has 354 valence electrons. The molecular weight excluding hydrogens is 884 g/mol. The molecule has 10 aromatic rings. The van der Waals surface area contributed by atoms with Gasteiger partial charge in [0.2, 0.25) is 11.2 Å². The molecule has 4 aromatic carbocycles. The van der Waals surface area contributed by atoms with Crippen molar-refractivity contribution in [3.05, 3.63) is 164 Å². The summed E-state index contributed by atoms with van der Waals surface area (Å²) in [6.45, 7) is 13.8. The molecule has 7 heterocycles. The van der Waals surface area contributed by atoms with Gasteiger partial charge in [-0.1, -0.05) is 106 Å². The van der Waals surface area contributed by atoms with E-state index >= 15 is 0 Å². The maximum absolute atomic E-state index is 6.40. The molecule has 1 aliphatic heterocycles. The number of nitrogens with one attached hydrogen (secondary N) is 1. The van der Waals surface area contributed by atoms with Crippen LogP contribution in [0, 0.1) is 5.41 Å². The minimum atomic E-state index is -0.0767. The van der Waals surface area contributed by atoms with Gasteiger partial charge in [-0.2, -0.15) is 0 Å². The Labute approximate surface area is 415 Å². The Morgan fingerprint density at radius 3 is 1.59 bits per heavy atom. The van der Waals surface area contributed by atoms with Crippen LogP contribution in [0.15, 0.2) is 159 Å². The lowest BCUT2D eigenvalue weighted by Crippen LogP contribution is -2.53. The molecule has 6 aromatic heterocycles. The molecule has 0 unspecified atom stereocenters. The van der Waals surface area contributed by atoms with Crippen molar-refractivity contribution in [2.75, 3.05) is 18.4 Å². The summed E-state index contributed by atoms with van der Waals surface area (Å²) >= 11 is 6.40. The Morgan fingerprint density at radius 1 is 0.543 bits per heavy atom. The van der Waals surface area contributed by atoms with Crippen molar-refractivity contribution >= 4 is 50.4 Å². The van der Waals surface area contributed by atoms with Gasteiger partial charge in [-0.05, 0) is 139 Å². The third kappa shape index (κ3) is 10.0. The van der Waals surface area contributed by atoms with Gasteiger partial charge in [0.25, 0.3) is 0 Å². The van der Waals surface area contributed by atoms with E-state index in [2.05, 4.69) is 142 Å². The van der Waals surface area contributed by atoms with Crippen molar-refractivity contribution in [1.29, 1.82) is 0 Å². The largest absolute Gasteiger partial charge is 0.349 e. The summed E-state index contributed by atoms with van der Waals surface area (Å²) in [4.78, 5) is 30.2. The molecule has 11 heteroatoms. The molecule has 0 spiro atoms. The number of hydrogen-bond acceptors (Lipinski definition) is 8. The summed E-state index contributed by atoms with van der Waals surface area (Å²) in [6, 6.07) is 38.2. The standard InChI is InChI=1S/C30H32N6.C21H13ClN4.C8H16/c1-21(2)35-17-6-13-30(3,20-35)34-29-33-27(23-11-14-31-15-12-23)26(28-32-16-18-36(28)29)25-10-9-22-7-4-5-8-24(22)19-25;22-21-25-19(15-7-9-23-10-8-15)18(20-24-11-12-26(20)21)17-6-5-14-3-1-2-4-16(14)13-17;1-8(2)6-4-3-5-7-8/h4-5,7-12,14-16,18-19,21H,6,13,17,20H2,1-3H3,(H,33,34);1-13H;3-7H2,1-2H3/t30-;;/m0../s1. The molecule has 2 fully saturated rings. The van der Waals surface area contributed by atoms with Crippen molar-refractivity contribution in [2.45, 2.75) is 91.1 Å². The van der Waals surface area contributed by atoms with Crippen LogP contribution >= 0.6 is 11.6 Å². The van der Waals surface area contributed by atoms with Crippen LogP contribution in [0.5, 0.6) is 0 Å². The molecule has 1 atom stereocenters. The predicted molar refractivity (Wildman–Crippen MR) is 288 cm³/mol. The van der Waals surface area contributed by atoms with E-state index in [9.17, 15) is 0 Å². The number of hydrogen-bond donors (Lipinski definition) is 1. The third-order valence-corrected chi connectivity index (χ3v) is 14.4. The lowest BCUT2D eigenvalue weighted by Gasteiger charge is -2.43. The summed E-state index contributed by atoms with van der Waals surface area (Å²) in [7, 11) is 0. The van der Waals surface area contributed by atoms with Gasteiger partial charge < -0.3 is 5.32 Å². The van der Waals surface area contributed by atoms with Crippen LogP contribution in [0.25, 0.3) is 77.6 Å². The van der Waals surface area contributed by atoms with Gasteiger partial charge in [0, 0.05) is 73.3 Å². The van der Waals surface area contributed by atoms with Gasteiger partial charge in [-0.3, -0.25) is 23.7 Å². The van der Waals surface area contributed by atoms with E-state index in [0.29, 0.717) is 16.7 Å².